The van der Waals surface area contributed by atoms with Crippen LogP contribution < -0.4 is 0 Å². The topological polar surface area (TPSA) is 126 Å². The minimum atomic E-state index is -4.70. The number of thioether (sulfide) groups is 2. The van der Waals surface area contributed by atoms with Crippen molar-refractivity contribution in [3.8, 4) is 0 Å². The number of hydrogen-bond acceptors (Lipinski definition) is 9. The second-order valence-electron chi connectivity index (χ2n) is 7.88. The Morgan fingerprint density at radius 1 is 1.40 bits per heavy atom. The number of fused-ring (bicyclic) bond motifs is 1. The summed E-state index contributed by atoms with van der Waals surface area (Å²) in [5.74, 6) is -3.62. The first-order valence-electron chi connectivity index (χ1n) is 9.87. The van der Waals surface area contributed by atoms with Crippen molar-refractivity contribution in [2.75, 3.05) is 18.1 Å². The molecule has 4 atom stereocenters. The van der Waals surface area contributed by atoms with Gasteiger partial charge in [-0.2, -0.15) is 13.2 Å². The van der Waals surface area contributed by atoms with E-state index in [9.17, 15) is 36.9 Å². The van der Waals surface area contributed by atoms with Crippen LogP contribution in [0.15, 0.2) is 26.9 Å². The number of halogens is 3. The largest absolute Gasteiger partial charge is 0.481 e. The summed E-state index contributed by atoms with van der Waals surface area (Å²) in [7, 11) is -0.751. The van der Waals surface area contributed by atoms with Gasteiger partial charge in [0, 0.05) is 32.0 Å². The van der Waals surface area contributed by atoms with Gasteiger partial charge in [0.2, 0.25) is 11.7 Å². The minimum Gasteiger partial charge on any atom is -0.481 e. The quantitative estimate of drug-likeness (QED) is 0.393. The monoisotopic (exact) mass is 569 g/mol. The lowest BCUT2D eigenvalue weighted by Gasteiger charge is -2.55. The van der Waals surface area contributed by atoms with Crippen molar-refractivity contribution in [2.45, 2.75) is 33.9 Å². The number of carbonyl (C=O) groups is 3. The molecule has 2 aliphatic heterocycles. The molecular formula is C18H18F3N5O5S4. The van der Waals surface area contributed by atoms with E-state index in [0.717, 1.165) is 39.4 Å². The standard InChI is InChI=1S/C18H18F3N5O5S4/c1-9(27)26(35(31)10-4-3-5-32-10)11-12(28)25-6-17(15(29)30,7-33-13(11)25)8-34-16-23-22-14(24(16)2)18(19,20)21/h3-5,11,13H,6-8H2,1-2H3,(H,29,30)/t11?,13-,17?,35?/m1/s1. The normalized spacial score (nSPS) is 25.1. The van der Waals surface area contributed by atoms with Crippen LogP contribution in [0.1, 0.15) is 12.7 Å². The number of aliphatic carboxylic acids is 1. The summed E-state index contributed by atoms with van der Waals surface area (Å²) >= 11 is 3.12. The summed E-state index contributed by atoms with van der Waals surface area (Å²) < 4.78 is 54.1. The molecule has 0 saturated carbocycles. The number of carbonyl (C=O) groups excluding carboxylic acids is 2. The second kappa shape index (κ2) is 9.40. The Kier molecular flexibility index (Phi) is 6.98. The third kappa shape index (κ3) is 4.58. The lowest BCUT2D eigenvalue weighted by molar-refractivity contribution is -0.161. The molecule has 2 aromatic heterocycles. The van der Waals surface area contributed by atoms with Crippen molar-refractivity contribution in [1.29, 1.82) is 0 Å². The Bertz CT molecular complexity index is 1190. The number of aromatic nitrogens is 3. The molecule has 0 spiro atoms. The third-order valence-electron chi connectivity index (χ3n) is 5.55. The molecule has 0 aromatic carbocycles. The molecule has 17 heteroatoms. The predicted octanol–water partition coefficient (Wildman–Crippen LogP) is 1.91. The van der Waals surface area contributed by atoms with E-state index in [0.29, 0.717) is 4.21 Å². The highest BCUT2D eigenvalue weighted by atomic mass is 32.2. The van der Waals surface area contributed by atoms with E-state index in [2.05, 4.69) is 10.2 Å². The van der Waals surface area contributed by atoms with Crippen LogP contribution in [-0.2, 0) is 38.6 Å². The Hall–Kier alpha value is -2.11. The van der Waals surface area contributed by atoms with Crippen LogP contribution in [0.25, 0.3) is 0 Å². The molecule has 3 unspecified atom stereocenters. The smallest absolute Gasteiger partial charge is 0.451 e. The van der Waals surface area contributed by atoms with Crippen LogP contribution in [-0.4, -0.2) is 80.5 Å². The minimum absolute atomic E-state index is 0.0294. The van der Waals surface area contributed by atoms with Gasteiger partial charge in [-0.3, -0.25) is 14.4 Å². The number of carboxylic acids is 1. The number of β-lactam (4-membered cyclic amide) rings is 1. The van der Waals surface area contributed by atoms with E-state index in [1.165, 1.54) is 23.2 Å². The number of carboxylic acid groups (broad SMARTS) is 1. The Morgan fingerprint density at radius 3 is 2.66 bits per heavy atom. The fraction of sp³-hybridized carbons (Fsp3) is 0.500. The molecule has 10 nitrogen and oxygen atoms in total. The summed E-state index contributed by atoms with van der Waals surface area (Å²) in [5.41, 5.74) is -1.47. The maximum atomic E-state index is 13.0. The SMILES string of the molecule is CC(=O)N(C1C(=O)N2CC(CSc3nnc(C(F)(F)F)n3C)(C(=O)O)CS[C@H]12)S(=O)c1cccs1. The summed E-state index contributed by atoms with van der Waals surface area (Å²) in [6.07, 6.45) is -4.70. The molecule has 4 rings (SSSR count). The molecule has 4 heterocycles. The van der Waals surface area contributed by atoms with Gasteiger partial charge in [0.05, 0.1) is 0 Å². The molecule has 2 aromatic rings. The lowest BCUT2D eigenvalue weighted by atomic mass is 9.89. The van der Waals surface area contributed by atoms with Crippen LogP contribution in [0.2, 0.25) is 0 Å². The summed E-state index contributed by atoms with van der Waals surface area (Å²) in [4.78, 5) is 38.8. The van der Waals surface area contributed by atoms with E-state index in [-0.39, 0.29) is 23.2 Å². The third-order valence-corrected chi connectivity index (χ3v) is 11.1. The Labute approximate surface area is 211 Å². The van der Waals surface area contributed by atoms with Gasteiger partial charge in [-0.25, -0.2) is 8.51 Å². The van der Waals surface area contributed by atoms with Crippen LogP contribution >= 0.6 is 34.9 Å². The van der Waals surface area contributed by atoms with E-state index in [1.807, 2.05) is 0 Å². The highest BCUT2D eigenvalue weighted by Gasteiger charge is 2.60. The first kappa shape index (κ1) is 26.0. The van der Waals surface area contributed by atoms with E-state index < -0.39 is 57.6 Å². The molecule has 35 heavy (non-hydrogen) atoms. The molecule has 1 N–H and O–H groups in total. The van der Waals surface area contributed by atoms with Crippen molar-refractivity contribution in [1.82, 2.24) is 24.0 Å². The van der Waals surface area contributed by atoms with Gasteiger partial charge in [0.15, 0.2) is 22.2 Å². The zero-order valence-corrected chi connectivity index (χ0v) is 21.4. The van der Waals surface area contributed by atoms with Gasteiger partial charge >= 0.3 is 12.1 Å². The first-order chi connectivity index (χ1) is 16.4. The Morgan fingerprint density at radius 2 is 2.11 bits per heavy atom. The lowest BCUT2D eigenvalue weighted by Crippen LogP contribution is -2.74. The summed E-state index contributed by atoms with van der Waals surface area (Å²) in [5, 5.41) is 17.6. The Balaban J connectivity index is 1.50. The van der Waals surface area contributed by atoms with Crippen LogP contribution in [0.4, 0.5) is 13.2 Å². The van der Waals surface area contributed by atoms with Crippen molar-refractivity contribution >= 4 is 63.6 Å². The molecule has 2 saturated heterocycles. The molecular weight excluding hydrogens is 551 g/mol. The van der Waals surface area contributed by atoms with Crippen molar-refractivity contribution in [3.05, 3.63) is 23.3 Å². The predicted molar refractivity (Wildman–Crippen MR) is 122 cm³/mol. The highest BCUT2D eigenvalue weighted by Crippen LogP contribution is 2.46. The zero-order valence-electron chi connectivity index (χ0n) is 18.1. The fourth-order valence-electron chi connectivity index (χ4n) is 3.73. The molecule has 2 amide bonds. The first-order valence-corrected chi connectivity index (χ1v) is 13.9. The van der Waals surface area contributed by atoms with Crippen molar-refractivity contribution in [3.63, 3.8) is 0 Å². The maximum absolute atomic E-state index is 13.0. The number of nitrogens with zero attached hydrogens (tertiary/aromatic N) is 5. The molecule has 190 valence electrons. The second-order valence-corrected chi connectivity index (χ2v) is 12.5. The summed E-state index contributed by atoms with van der Waals surface area (Å²) in [6, 6.07) is 2.26. The van der Waals surface area contributed by atoms with E-state index in [1.54, 1.807) is 17.5 Å². The van der Waals surface area contributed by atoms with Crippen LogP contribution in [0.3, 0.4) is 0 Å². The van der Waals surface area contributed by atoms with Gasteiger partial charge in [-0.15, -0.1) is 33.3 Å². The molecule has 0 bridgehead atoms. The summed E-state index contributed by atoms with van der Waals surface area (Å²) in [6.45, 7) is 1.01. The van der Waals surface area contributed by atoms with Crippen molar-refractivity contribution < 1.29 is 36.9 Å². The van der Waals surface area contributed by atoms with Crippen LogP contribution in [0, 0.1) is 5.41 Å². The average molecular weight is 570 g/mol. The van der Waals surface area contributed by atoms with Gasteiger partial charge in [0.1, 0.15) is 15.0 Å². The number of hydrogen-bond donors (Lipinski definition) is 1. The molecule has 2 aliphatic rings. The van der Waals surface area contributed by atoms with E-state index >= 15 is 0 Å². The van der Waals surface area contributed by atoms with Gasteiger partial charge in [-0.1, -0.05) is 17.8 Å². The van der Waals surface area contributed by atoms with Crippen LogP contribution in [0.5, 0.6) is 0 Å². The van der Waals surface area contributed by atoms with Gasteiger partial charge in [0.25, 0.3) is 5.91 Å². The maximum Gasteiger partial charge on any atom is 0.451 e. The zero-order chi connectivity index (χ0) is 25.7. The number of amides is 2. The fourth-order valence-corrected chi connectivity index (χ4v) is 8.84. The van der Waals surface area contributed by atoms with E-state index in [4.69, 9.17) is 0 Å². The molecule has 0 aliphatic carbocycles. The number of thiophene rings is 1. The number of alkyl halides is 3. The van der Waals surface area contributed by atoms with Gasteiger partial charge in [-0.05, 0) is 11.4 Å². The van der Waals surface area contributed by atoms with Crippen molar-refractivity contribution in [2.24, 2.45) is 12.5 Å². The van der Waals surface area contributed by atoms with Gasteiger partial charge < -0.3 is 14.6 Å². The molecule has 0 radical (unpaired) electrons. The average Bonchev–Trinajstić information content (AvgIpc) is 3.44. The highest BCUT2D eigenvalue weighted by molar-refractivity contribution is 8.00. The molecule has 2 fully saturated rings. The number of rotatable bonds is 7.